The SMILES string of the molecule is O=C(O)Cc1ccc(-c2ccccc2[N+](=O)[O-])cc1. The van der Waals surface area contributed by atoms with Crippen molar-refractivity contribution in [1.82, 2.24) is 0 Å². The van der Waals surface area contributed by atoms with Crippen LogP contribution in [0.4, 0.5) is 5.69 Å². The fraction of sp³-hybridized carbons (Fsp3) is 0.0714. The van der Waals surface area contributed by atoms with E-state index in [1.165, 1.54) is 6.07 Å². The molecule has 96 valence electrons. The van der Waals surface area contributed by atoms with E-state index in [1.54, 1.807) is 42.5 Å². The third kappa shape index (κ3) is 2.95. The Morgan fingerprint density at radius 1 is 1.11 bits per heavy atom. The summed E-state index contributed by atoms with van der Waals surface area (Å²) in [5.41, 5.74) is 1.92. The van der Waals surface area contributed by atoms with Crippen molar-refractivity contribution in [2.45, 2.75) is 6.42 Å². The number of nitro groups is 1. The number of hydrogen-bond donors (Lipinski definition) is 1. The highest BCUT2D eigenvalue weighted by atomic mass is 16.6. The monoisotopic (exact) mass is 257 g/mol. The van der Waals surface area contributed by atoms with Gasteiger partial charge in [0.05, 0.1) is 16.9 Å². The summed E-state index contributed by atoms with van der Waals surface area (Å²) in [4.78, 5) is 21.1. The van der Waals surface area contributed by atoms with Crippen LogP contribution >= 0.6 is 0 Å². The highest BCUT2D eigenvalue weighted by Gasteiger charge is 2.13. The average molecular weight is 257 g/mol. The molecule has 0 heterocycles. The summed E-state index contributed by atoms with van der Waals surface area (Å²) >= 11 is 0. The molecule has 0 fully saturated rings. The van der Waals surface area contributed by atoms with Crippen LogP contribution < -0.4 is 0 Å². The fourth-order valence-corrected chi connectivity index (χ4v) is 1.85. The summed E-state index contributed by atoms with van der Waals surface area (Å²) in [6, 6.07) is 13.2. The second-order valence-corrected chi connectivity index (χ2v) is 4.04. The Bertz CT molecular complexity index is 620. The maximum absolute atomic E-state index is 10.9. The van der Waals surface area contributed by atoms with E-state index < -0.39 is 10.9 Å². The van der Waals surface area contributed by atoms with Crippen molar-refractivity contribution in [3.05, 3.63) is 64.2 Å². The Hall–Kier alpha value is -2.69. The Labute approximate surface area is 109 Å². The zero-order valence-electron chi connectivity index (χ0n) is 9.95. The third-order valence-corrected chi connectivity index (χ3v) is 2.72. The van der Waals surface area contributed by atoms with Crippen molar-refractivity contribution >= 4 is 11.7 Å². The van der Waals surface area contributed by atoms with E-state index in [0.29, 0.717) is 16.7 Å². The van der Waals surface area contributed by atoms with Gasteiger partial charge in [-0.25, -0.2) is 0 Å². The van der Waals surface area contributed by atoms with Gasteiger partial charge in [0, 0.05) is 6.07 Å². The van der Waals surface area contributed by atoms with Crippen LogP contribution in [0.5, 0.6) is 0 Å². The van der Waals surface area contributed by atoms with Gasteiger partial charge in [0.25, 0.3) is 5.69 Å². The summed E-state index contributed by atoms with van der Waals surface area (Å²) < 4.78 is 0. The number of carbonyl (C=O) groups is 1. The number of nitro benzene ring substituents is 1. The van der Waals surface area contributed by atoms with Crippen molar-refractivity contribution in [3.8, 4) is 11.1 Å². The molecule has 2 aromatic rings. The van der Waals surface area contributed by atoms with Gasteiger partial charge in [0.1, 0.15) is 0 Å². The minimum atomic E-state index is -0.904. The van der Waals surface area contributed by atoms with Gasteiger partial charge in [-0.2, -0.15) is 0 Å². The van der Waals surface area contributed by atoms with E-state index in [4.69, 9.17) is 5.11 Å². The van der Waals surface area contributed by atoms with Crippen LogP contribution in [0.2, 0.25) is 0 Å². The summed E-state index contributed by atoms with van der Waals surface area (Å²) in [5.74, 6) is -0.904. The topological polar surface area (TPSA) is 80.4 Å². The second-order valence-electron chi connectivity index (χ2n) is 4.04. The number of carboxylic acids is 1. The van der Waals surface area contributed by atoms with Gasteiger partial charge in [0.15, 0.2) is 0 Å². The normalized spacial score (nSPS) is 10.1. The molecule has 5 heteroatoms. The molecular weight excluding hydrogens is 246 g/mol. The van der Waals surface area contributed by atoms with E-state index in [9.17, 15) is 14.9 Å². The van der Waals surface area contributed by atoms with E-state index >= 15 is 0 Å². The van der Waals surface area contributed by atoms with Gasteiger partial charge in [-0.15, -0.1) is 0 Å². The quantitative estimate of drug-likeness (QED) is 0.674. The molecule has 0 unspecified atom stereocenters. The largest absolute Gasteiger partial charge is 0.481 e. The van der Waals surface area contributed by atoms with Crippen molar-refractivity contribution in [1.29, 1.82) is 0 Å². The number of rotatable bonds is 4. The van der Waals surface area contributed by atoms with Crippen molar-refractivity contribution in [3.63, 3.8) is 0 Å². The Kier molecular flexibility index (Phi) is 3.56. The van der Waals surface area contributed by atoms with E-state index in [2.05, 4.69) is 0 Å². The molecule has 0 amide bonds. The van der Waals surface area contributed by atoms with Crippen molar-refractivity contribution < 1.29 is 14.8 Å². The summed E-state index contributed by atoms with van der Waals surface area (Å²) in [7, 11) is 0. The third-order valence-electron chi connectivity index (χ3n) is 2.72. The number of hydrogen-bond acceptors (Lipinski definition) is 3. The lowest BCUT2D eigenvalue weighted by molar-refractivity contribution is -0.384. The van der Waals surface area contributed by atoms with Crippen LogP contribution in [0.15, 0.2) is 48.5 Å². The summed E-state index contributed by atoms with van der Waals surface area (Å²) in [6.07, 6.45) is -0.0584. The van der Waals surface area contributed by atoms with Gasteiger partial charge < -0.3 is 5.11 Å². The Balaban J connectivity index is 2.37. The van der Waals surface area contributed by atoms with Gasteiger partial charge in [0.2, 0.25) is 0 Å². The average Bonchev–Trinajstić information content (AvgIpc) is 2.39. The molecule has 0 aromatic heterocycles. The maximum Gasteiger partial charge on any atom is 0.307 e. The second kappa shape index (κ2) is 5.30. The van der Waals surface area contributed by atoms with Gasteiger partial charge in [-0.3, -0.25) is 14.9 Å². The molecule has 0 aliphatic rings. The van der Waals surface area contributed by atoms with E-state index in [1.807, 2.05) is 0 Å². The molecule has 19 heavy (non-hydrogen) atoms. The van der Waals surface area contributed by atoms with Gasteiger partial charge in [-0.05, 0) is 17.2 Å². The first-order valence-electron chi connectivity index (χ1n) is 5.62. The molecule has 0 atom stereocenters. The lowest BCUT2D eigenvalue weighted by atomic mass is 10.0. The van der Waals surface area contributed by atoms with Crippen LogP contribution in [-0.2, 0) is 11.2 Å². The number of para-hydroxylation sites is 1. The first kappa shape index (κ1) is 12.8. The molecular formula is C14H11NO4. The molecule has 0 aliphatic heterocycles. The number of benzene rings is 2. The molecule has 0 saturated heterocycles. The Morgan fingerprint density at radius 2 is 1.74 bits per heavy atom. The highest BCUT2D eigenvalue weighted by molar-refractivity contribution is 5.74. The predicted molar refractivity (Wildman–Crippen MR) is 69.9 cm³/mol. The Morgan fingerprint density at radius 3 is 2.32 bits per heavy atom. The highest BCUT2D eigenvalue weighted by Crippen LogP contribution is 2.29. The molecule has 0 aliphatic carbocycles. The van der Waals surface area contributed by atoms with E-state index in [-0.39, 0.29) is 12.1 Å². The molecule has 0 radical (unpaired) electrons. The summed E-state index contributed by atoms with van der Waals surface area (Å²) in [5, 5.41) is 19.6. The minimum absolute atomic E-state index is 0.0356. The lowest BCUT2D eigenvalue weighted by Crippen LogP contribution is -1.99. The molecule has 2 rings (SSSR count). The van der Waals surface area contributed by atoms with Crippen LogP contribution in [0.1, 0.15) is 5.56 Å². The standard InChI is InChI=1S/C14H11NO4/c16-14(17)9-10-5-7-11(8-6-10)12-3-1-2-4-13(12)15(18)19/h1-8H,9H2,(H,16,17). The number of aliphatic carboxylic acids is 1. The molecule has 0 saturated carbocycles. The zero-order chi connectivity index (χ0) is 13.8. The smallest absolute Gasteiger partial charge is 0.307 e. The molecule has 1 N–H and O–H groups in total. The van der Waals surface area contributed by atoms with Gasteiger partial charge >= 0.3 is 5.97 Å². The van der Waals surface area contributed by atoms with Crippen LogP contribution in [-0.4, -0.2) is 16.0 Å². The fourth-order valence-electron chi connectivity index (χ4n) is 1.85. The van der Waals surface area contributed by atoms with Crippen LogP contribution in [0.3, 0.4) is 0 Å². The van der Waals surface area contributed by atoms with Gasteiger partial charge in [-0.1, -0.05) is 36.4 Å². The molecule has 0 spiro atoms. The first-order valence-corrected chi connectivity index (χ1v) is 5.62. The molecule has 2 aromatic carbocycles. The predicted octanol–water partition coefficient (Wildman–Crippen LogP) is 2.89. The summed E-state index contributed by atoms with van der Waals surface area (Å²) in [6.45, 7) is 0. The lowest BCUT2D eigenvalue weighted by Gasteiger charge is -2.04. The van der Waals surface area contributed by atoms with Crippen LogP contribution in [0.25, 0.3) is 11.1 Å². The minimum Gasteiger partial charge on any atom is -0.481 e. The van der Waals surface area contributed by atoms with E-state index in [0.717, 1.165) is 0 Å². The van der Waals surface area contributed by atoms with Crippen LogP contribution in [0, 0.1) is 10.1 Å². The van der Waals surface area contributed by atoms with Crippen molar-refractivity contribution in [2.75, 3.05) is 0 Å². The molecule has 5 nitrogen and oxygen atoms in total. The molecule has 0 bridgehead atoms. The zero-order valence-corrected chi connectivity index (χ0v) is 9.95. The number of carboxylic acid groups (broad SMARTS) is 1. The number of nitrogens with zero attached hydrogens (tertiary/aromatic N) is 1. The first-order chi connectivity index (χ1) is 9.08. The maximum atomic E-state index is 10.9. The van der Waals surface area contributed by atoms with Crippen molar-refractivity contribution in [2.24, 2.45) is 0 Å².